The van der Waals surface area contributed by atoms with Crippen LogP contribution in [0.25, 0.3) is 0 Å². The van der Waals surface area contributed by atoms with Crippen molar-refractivity contribution in [3.05, 3.63) is 65.0 Å². The number of pyridine rings is 1. The highest BCUT2D eigenvalue weighted by Crippen LogP contribution is 2.36. The van der Waals surface area contributed by atoms with Gasteiger partial charge in [-0.15, -0.1) is 0 Å². The van der Waals surface area contributed by atoms with Crippen LogP contribution in [0.4, 0.5) is 13.2 Å². The predicted octanol–water partition coefficient (Wildman–Crippen LogP) is 3.49. The van der Waals surface area contributed by atoms with Crippen molar-refractivity contribution in [3.63, 3.8) is 0 Å². The number of hydrogen-bond acceptors (Lipinski definition) is 2. The Morgan fingerprint density at radius 3 is 2.47 bits per heavy atom. The van der Waals surface area contributed by atoms with Gasteiger partial charge in [0.15, 0.2) is 0 Å². The number of aryl methyl sites for hydroxylation is 1. The van der Waals surface area contributed by atoms with E-state index in [0.29, 0.717) is 5.56 Å². The number of halogens is 3. The second-order valence-electron chi connectivity index (χ2n) is 4.28. The predicted molar refractivity (Wildman–Crippen MR) is 64.5 cm³/mol. The summed E-state index contributed by atoms with van der Waals surface area (Å²) in [6.07, 6.45) is -2.89. The van der Waals surface area contributed by atoms with Crippen LogP contribution in [-0.2, 0) is 6.18 Å². The van der Waals surface area contributed by atoms with E-state index in [1.807, 2.05) is 0 Å². The molecule has 0 aliphatic heterocycles. The highest BCUT2D eigenvalue weighted by atomic mass is 19.4. The van der Waals surface area contributed by atoms with E-state index in [4.69, 9.17) is 0 Å². The van der Waals surface area contributed by atoms with E-state index in [1.54, 1.807) is 19.2 Å². The van der Waals surface area contributed by atoms with Crippen LogP contribution >= 0.6 is 0 Å². The van der Waals surface area contributed by atoms with Gasteiger partial charge in [-0.25, -0.2) is 0 Å². The summed E-state index contributed by atoms with van der Waals surface area (Å²) in [6, 6.07) is 6.62. The van der Waals surface area contributed by atoms with Crippen molar-refractivity contribution < 1.29 is 18.3 Å². The Kier molecular flexibility index (Phi) is 3.57. The highest BCUT2D eigenvalue weighted by molar-refractivity contribution is 5.37. The van der Waals surface area contributed by atoms with Crippen LogP contribution in [0.1, 0.15) is 28.4 Å². The van der Waals surface area contributed by atoms with Crippen molar-refractivity contribution in [2.75, 3.05) is 0 Å². The first-order valence-corrected chi connectivity index (χ1v) is 5.65. The van der Waals surface area contributed by atoms with E-state index in [0.717, 1.165) is 11.6 Å². The molecule has 1 atom stereocenters. The van der Waals surface area contributed by atoms with Gasteiger partial charge in [-0.05, 0) is 24.1 Å². The minimum atomic E-state index is -4.49. The maximum atomic E-state index is 12.9. The van der Waals surface area contributed by atoms with E-state index < -0.39 is 17.8 Å². The van der Waals surface area contributed by atoms with Gasteiger partial charge in [0.05, 0.1) is 5.56 Å². The highest BCUT2D eigenvalue weighted by Gasteiger charge is 2.34. The third kappa shape index (κ3) is 2.93. The lowest BCUT2D eigenvalue weighted by Gasteiger charge is -2.17. The summed E-state index contributed by atoms with van der Waals surface area (Å²) in [5, 5.41) is 10.1. The largest absolute Gasteiger partial charge is 0.416 e. The van der Waals surface area contributed by atoms with Crippen LogP contribution in [-0.4, -0.2) is 10.1 Å². The Bertz CT molecular complexity index is 581. The fraction of sp³-hybridized carbons (Fsp3) is 0.214. The third-order valence-electron chi connectivity index (χ3n) is 2.77. The average molecular weight is 267 g/mol. The van der Waals surface area contributed by atoms with E-state index in [9.17, 15) is 18.3 Å². The summed E-state index contributed by atoms with van der Waals surface area (Å²) in [5.74, 6) is 0. The second-order valence-corrected chi connectivity index (χ2v) is 4.28. The van der Waals surface area contributed by atoms with Gasteiger partial charge < -0.3 is 5.11 Å². The summed E-state index contributed by atoms with van der Waals surface area (Å²) < 4.78 is 38.6. The van der Waals surface area contributed by atoms with Gasteiger partial charge in [0, 0.05) is 18.0 Å². The van der Waals surface area contributed by atoms with E-state index in [1.165, 1.54) is 24.4 Å². The van der Waals surface area contributed by atoms with Gasteiger partial charge >= 0.3 is 6.18 Å². The fourth-order valence-corrected chi connectivity index (χ4v) is 1.90. The summed E-state index contributed by atoms with van der Waals surface area (Å²) in [4.78, 5) is 3.88. The van der Waals surface area contributed by atoms with Gasteiger partial charge in [-0.1, -0.05) is 24.3 Å². The molecule has 0 fully saturated rings. The van der Waals surface area contributed by atoms with E-state index >= 15 is 0 Å². The van der Waals surface area contributed by atoms with Crippen molar-refractivity contribution in [1.29, 1.82) is 0 Å². The Hall–Kier alpha value is -1.88. The quantitative estimate of drug-likeness (QED) is 0.903. The molecule has 0 spiro atoms. The maximum absolute atomic E-state index is 12.9. The Balaban J connectivity index is 2.48. The molecular formula is C14H12F3NO. The van der Waals surface area contributed by atoms with Crippen molar-refractivity contribution >= 4 is 0 Å². The number of nitrogens with zero attached hydrogens (tertiary/aromatic N) is 1. The topological polar surface area (TPSA) is 33.1 Å². The zero-order valence-corrected chi connectivity index (χ0v) is 10.1. The van der Waals surface area contributed by atoms with Crippen LogP contribution in [0.2, 0.25) is 0 Å². The van der Waals surface area contributed by atoms with Crippen LogP contribution in [0.5, 0.6) is 0 Å². The Labute approximate surface area is 108 Å². The van der Waals surface area contributed by atoms with Crippen LogP contribution < -0.4 is 0 Å². The molecule has 1 unspecified atom stereocenters. The molecule has 0 saturated heterocycles. The van der Waals surface area contributed by atoms with Gasteiger partial charge in [-0.3, -0.25) is 4.98 Å². The molecule has 0 aliphatic carbocycles. The van der Waals surface area contributed by atoms with Gasteiger partial charge in [0.2, 0.25) is 0 Å². The zero-order chi connectivity index (χ0) is 14.0. The van der Waals surface area contributed by atoms with Crippen LogP contribution in [0.3, 0.4) is 0 Å². The number of benzene rings is 1. The molecule has 1 aromatic carbocycles. The smallest absolute Gasteiger partial charge is 0.384 e. The summed E-state index contributed by atoms with van der Waals surface area (Å²) in [7, 11) is 0. The number of hydrogen-bond donors (Lipinski definition) is 1. The molecule has 1 heterocycles. The molecule has 2 nitrogen and oxygen atoms in total. The molecule has 0 radical (unpaired) electrons. The van der Waals surface area contributed by atoms with Crippen molar-refractivity contribution in [1.82, 2.24) is 4.98 Å². The Morgan fingerprint density at radius 2 is 1.84 bits per heavy atom. The van der Waals surface area contributed by atoms with Crippen molar-refractivity contribution in [3.8, 4) is 0 Å². The lowest BCUT2D eigenvalue weighted by molar-refractivity contribution is -0.139. The number of alkyl halides is 3. The molecule has 0 saturated carbocycles. The number of aromatic nitrogens is 1. The lowest BCUT2D eigenvalue weighted by Crippen LogP contribution is -2.12. The standard InChI is InChI=1S/C14H12F3NO/c1-9-6-10(8-18-7-9)13(19)11-4-2-3-5-12(11)14(15,16)17/h2-8,13,19H,1H3. The average Bonchev–Trinajstić information content (AvgIpc) is 2.37. The molecular weight excluding hydrogens is 255 g/mol. The molecule has 0 aliphatic rings. The normalized spacial score (nSPS) is 13.3. The van der Waals surface area contributed by atoms with Crippen LogP contribution in [0, 0.1) is 6.92 Å². The third-order valence-corrected chi connectivity index (χ3v) is 2.77. The SMILES string of the molecule is Cc1cncc(C(O)c2ccccc2C(F)(F)F)c1. The first-order chi connectivity index (χ1) is 8.89. The van der Waals surface area contributed by atoms with Gasteiger partial charge in [0.1, 0.15) is 6.10 Å². The Morgan fingerprint density at radius 1 is 1.16 bits per heavy atom. The maximum Gasteiger partial charge on any atom is 0.416 e. The summed E-state index contributed by atoms with van der Waals surface area (Å²) in [5.41, 5.74) is 0.129. The van der Waals surface area contributed by atoms with E-state index in [2.05, 4.69) is 4.98 Å². The molecule has 5 heteroatoms. The molecule has 19 heavy (non-hydrogen) atoms. The molecule has 0 amide bonds. The second kappa shape index (κ2) is 5.01. The molecule has 1 N–H and O–H groups in total. The lowest BCUT2D eigenvalue weighted by atomic mass is 9.97. The van der Waals surface area contributed by atoms with Crippen molar-refractivity contribution in [2.45, 2.75) is 19.2 Å². The first-order valence-electron chi connectivity index (χ1n) is 5.65. The molecule has 1 aromatic heterocycles. The minimum absolute atomic E-state index is 0.164. The number of rotatable bonds is 2. The molecule has 100 valence electrons. The summed E-state index contributed by atoms with van der Waals surface area (Å²) >= 11 is 0. The monoisotopic (exact) mass is 267 g/mol. The molecule has 0 bridgehead atoms. The minimum Gasteiger partial charge on any atom is -0.384 e. The fourth-order valence-electron chi connectivity index (χ4n) is 1.90. The van der Waals surface area contributed by atoms with Gasteiger partial charge in [-0.2, -0.15) is 13.2 Å². The number of aliphatic hydroxyl groups excluding tert-OH is 1. The van der Waals surface area contributed by atoms with Crippen LogP contribution in [0.15, 0.2) is 42.7 Å². The zero-order valence-electron chi connectivity index (χ0n) is 10.1. The van der Waals surface area contributed by atoms with Crippen molar-refractivity contribution in [2.24, 2.45) is 0 Å². The molecule has 2 rings (SSSR count). The van der Waals surface area contributed by atoms with Gasteiger partial charge in [0.25, 0.3) is 0 Å². The number of aliphatic hydroxyl groups is 1. The molecule has 2 aromatic rings. The first kappa shape index (κ1) is 13.5. The van der Waals surface area contributed by atoms with E-state index in [-0.39, 0.29) is 5.56 Å². The summed E-state index contributed by atoms with van der Waals surface area (Å²) in [6.45, 7) is 1.76.